The third-order valence-electron chi connectivity index (χ3n) is 2.95. The van der Waals surface area contributed by atoms with Gasteiger partial charge in [-0.25, -0.2) is 0 Å². The second kappa shape index (κ2) is 4.47. The van der Waals surface area contributed by atoms with Gasteiger partial charge in [-0.05, 0) is 30.5 Å². The van der Waals surface area contributed by atoms with Crippen molar-refractivity contribution < 1.29 is 0 Å². The van der Waals surface area contributed by atoms with Crippen molar-refractivity contribution in [3.8, 4) is 0 Å². The number of H-pyrrole nitrogens is 1. The molecular formula is C11H18N2. The van der Waals surface area contributed by atoms with Crippen LogP contribution in [0.5, 0.6) is 0 Å². The minimum atomic E-state index is 1.01. The first-order chi connectivity index (χ1) is 6.45. The van der Waals surface area contributed by atoms with Crippen molar-refractivity contribution in [2.45, 2.75) is 32.2 Å². The first-order valence-corrected chi connectivity index (χ1v) is 5.27. The average molecular weight is 178 g/mol. The number of hydrogen-bond donors (Lipinski definition) is 2. The third-order valence-corrected chi connectivity index (χ3v) is 2.95. The summed E-state index contributed by atoms with van der Waals surface area (Å²) in [4.78, 5) is 3.06. The van der Waals surface area contributed by atoms with Crippen LogP contribution in [-0.4, -0.2) is 11.5 Å². The first kappa shape index (κ1) is 8.82. The normalized spacial score (nSPS) is 17.2. The van der Waals surface area contributed by atoms with Crippen LogP contribution in [0.1, 0.15) is 31.2 Å². The second-order valence-electron chi connectivity index (χ2n) is 3.98. The third kappa shape index (κ3) is 2.59. The summed E-state index contributed by atoms with van der Waals surface area (Å²) in [5, 5.41) is 3.47. The fourth-order valence-electron chi connectivity index (χ4n) is 1.79. The standard InChI is InChI=1S/C11H18N2/c1-2-10(3-1)4-6-12-8-11-5-7-13-9-11/h5,7,9-10,12-13H,1-4,6,8H2. The van der Waals surface area contributed by atoms with Crippen LogP contribution in [0.15, 0.2) is 18.5 Å². The molecule has 2 heteroatoms. The van der Waals surface area contributed by atoms with Gasteiger partial charge in [-0.15, -0.1) is 0 Å². The first-order valence-electron chi connectivity index (χ1n) is 5.27. The van der Waals surface area contributed by atoms with Crippen LogP contribution >= 0.6 is 0 Å². The maximum atomic E-state index is 3.47. The van der Waals surface area contributed by atoms with Crippen LogP contribution in [0.25, 0.3) is 0 Å². The molecule has 1 saturated carbocycles. The smallest absolute Gasteiger partial charge is 0.0220 e. The summed E-state index contributed by atoms with van der Waals surface area (Å²) in [6.07, 6.45) is 9.78. The van der Waals surface area contributed by atoms with Crippen molar-refractivity contribution in [3.63, 3.8) is 0 Å². The molecule has 1 aromatic rings. The zero-order chi connectivity index (χ0) is 8.93. The Morgan fingerprint density at radius 2 is 2.38 bits per heavy atom. The Morgan fingerprint density at radius 3 is 3.00 bits per heavy atom. The van der Waals surface area contributed by atoms with Crippen molar-refractivity contribution in [2.75, 3.05) is 6.54 Å². The van der Waals surface area contributed by atoms with Crippen molar-refractivity contribution >= 4 is 0 Å². The van der Waals surface area contributed by atoms with Crippen LogP contribution in [0, 0.1) is 5.92 Å². The van der Waals surface area contributed by atoms with Gasteiger partial charge in [-0.3, -0.25) is 0 Å². The zero-order valence-electron chi connectivity index (χ0n) is 8.05. The topological polar surface area (TPSA) is 27.8 Å². The average Bonchev–Trinajstić information content (AvgIpc) is 2.53. The SMILES string of the molecule is c1cc(CNCCC2CCC2)c[nH]1. The minimum Gasteiger partial charge on any atom is -0.367 e. The fraction of sp³-hybridized carbons (Fsp3) is 0.636. The van der Waals surface area contributed by atoms with Gasteiger partial charge in [0.15, 0.2) is 0 Å². The summed E-state index contributed by atoms with van der Waals surface area (Å²) < 4.78 is 0. The molecule has 2 rings (SSSR count). The molecule has 72 valence electrons. The van der Waals surface area contributed by atoms with E-state index in [4.69, 9.17) is 0 Å². The molecule has 1 aliphatic carbocycles. The lowest BCUT2D eigenvalue weighted by molar-refractivity contribution is 0.292. The Balaban J connectivity index is 1.53. The van der Waals surface area contributed by atoms with Gasteiger partial charge in [-0.2, -0.15) is 0 Å². The maximum absolute atomic E-state index is 3.47. The lowest BCUT2D eigenvalue weighted by Gasteiger charge is -2.25. The van der Waals surface area contributed by atoms with Crippen LogP contribution in [0.4, 0.5) is 0 Å². The van der Waals surface area contributed by atoms with Crippen molar-refractivity contribution in [3.05, 3.63) is 24.0 Å². The van der Waals surface area contributed by atoms with Gasteiger partial charge in [0.2, 0.25) is 0 Å². The summed E-state index contributed by atoms with van der Waals surface area (Å²) in [6.45, 7) is 2.19. The predicted octanol–water partition coefficient (Wildman–Crippen LogP) is 2.29. The van der Waals surface area contributed by atoms with Crippen molar-refractivity contribution in [1.82, 2.24) is 10.3 Å². The van der Waals surface area contributed by atoms with Gasteiger partial charge in [0, 0.05) is 18.9 Å². The summed E-state index contributed by atoms with van der Waals surface area (Å²) in [7, 11) is 0. The molecule has 0 atom stereocenters. The van der Waals surface area contributed by atoms with E-state index in [-0.39, 0.29) is 0 Å². The van der Waals surface area contributed by atoms with Gasteiger partial charge >= 0.3 is 0 Å². The monoisotopic (exact) mass is 178 g/mol. The molecule has 0 radical (unpaired) electrons. The molecule has 0 bridgehead atoms. The summed E-state index contributed by atoms with van der Waals surface area (Å²) in [5.74, 6) is 1.03. The van der Waals surface area contributed by atoms with E-state index in [0.717, 1.165) is 12.5 Å². The fourth-order valence-corrected chi connectivity index (χ4v) is 1.79. The van der Waals surface area contributed by atoms with E-state index in [0.29, 0.717) is 0 Å². The quantitative estimate of drug-likeness (QED) is 0.665. The van der Waals surface area contributed by atoms with Gasteiger partial charge in [0.05, 0.1) is 0 Å². The molecule has 0 aliphatic heterocycles. The molecule has 0 saturated heterocycles. The van der Waals surface area contributed by atoms with E-state index in [2.05, 4.69) is 22.6 Å². The maximum Gasteiger partial charge on any atom is 0.0220 e. The highest BCUT2D eigenvalue weighted by Crippen LogP contribution is 2.28. The highest BCUT2D eigenvalue weighted by molar-refractivity contribution is 5.07. The molecule has 0 spiro atoms. The van der Waals surface area contributed by atoms with Gasteiger partial charge in [0.1, 0.15) is 0 Å². The van der Waals surface area contributed by atoms with E-state index < -0.39 is 0 Å². The van der Waals surface area contributed by atoms with E-state index in [9.17, 15) is 0 Å². The molecule has 1 aromatic heterocycles. The minimum absolute atomic E-state index is 1.01. The molecule has 2 N–H and O–H groups in total. The highest BCUT2D eigenvalue weighted by Gasteiger charge is 2.15. The van der Waals surface area contributed by atoms with Crippen molar-refractivity contribution in [2.24, 2.45) is 5.92 Å². The Bertz CT molecular complexity index is 224. The van der Waals surface area contributed by atoms with E-state index in [1.165, 1.54) is 37.8 Å². The van der Waals surface area contributed by atoms with Gasteiger partial charge in [0.25, 0.3) is 0 Å². The lowest BCUT2D eigenvalue weighted by Crippen LogP contribution is -2.20. The molecule has 1 heterocycles. The zero-order valence-corrected chi connectivity index (χ0v) is 8.05. The van der Waals surface area contributed by atoms with Crippen molar-refractivity contribution in [1.29, 1.82) is 0 Å². The lowest BCUT2D eigenvalue weighted by atomic mass is 9.83. The van der Waals surface area contributed by atoms with Crippen LogP contribution in [0.2, 0.25) is 0 Å². The van der Waals surface area contributed by atoms with Gasteiger partial charge in [-0.1, -0.05) is 19.3 Å². The largest absolute Gasteiger partial charge is 0.367 e. The van der Waals surface area contributed by atoms with Crippen LogP contribution in [0.3, 0.4) is 0 Å². The molecule has 13 heavy (non-hydrogen) atoms. The second-order valence-corrected chi connectivity index (χ2v) is 3.98. The number of nitrogens with one attached hydrogen (secondary N) is 2. The summed E-state index contributed by atoms with van der Waals surface area (Å²) in [5.41, 5.74) is 1.36. The van der Waals surface area contributed by atoms with Gasteiger partial charge < -0.3 is 10.3 Å². The summed E-state index contributed by atoms with van der Waals surface area (Å²) in [6, 6.07) is 2.12. The number of hydrogen-bond acceptors (Lipinski definition) is 1. The number of aromatic amines is 1. The van der Waals surface area contributed by atoms with E-state index >= 15 is 0 Å². The van der Waals surface area contributed by atoms with Crippen LogP contribution < -0.4 is 5.32 Å². The predicted molar refractivity (Wildman–Crippen MR) is 54.5 cm³/mol. The molecule has 0 unspecified atom stereocenters. The Morgan fingerprint density at radius 1 is 1.46 bits per heavy atom. The molecule has 1 fully saturated rings. The Hall–Kier alpha value is -0.760. The molecule has 2 nitrogen and oxygen atoms in total. The molecule has 1 aliphatic rings. The van der Waals surface area contributed by atoms with E-state index in [1.807, 2.05) is 6.20 Å². The van der Waals surface area contributed by atoms with Crippen LogP contribution in [-0.2, 0) is 6.54 Å². The molecular weight excluding hydrogens is 160 g/mol. The molecule has 0 aromatic carbocycles. The highest BCUT2D eigenvalue weighted by atomic mass is 14.9. The number of aromatic nitrogens is 1. The summed E-state index contributed by atoms with van der Waals surface area (Å²) >= 11 is 0. The number of rotatable bonds is 5. The molecule has 0 amide bonds. The Labute approximate surface area is 79.7 Å². The Kier molecular flexibility index (Phi) is 3.03. The van der Waals surface area contributed by atoms with E-state index in [1.54, 1.807) is 0 Å².